The standard InChI is InChI=1S/C18H16Cl2N2O2S/c1-11(18-21-15-5-3-4-6-16(15)25-18)22(2)17(23)10-24-14-8-12(19)7-13(20)9-14/h3-9,11H,10H2,1-2H3. The Labute approximate surface area is 159 Å². The van der Waals surface area contributed by atoms with Crippen molar-refractivity contribution in [3.8, 4) is 5.75 Å². The normalized spacial score (nSPS) is 12.2. The third-order valence-corrected chi connectivity index (χ3v) is 5.48. The van der Waals surface area contributed by atoms with Gasteiger partial charge in [0.1, 0.15) is 10.8 Å². The lowest BCUT2D eigenvalue weighted by Crippen LogP contribution is -2.33. The minimum atomic E-state index is -0.150. The van der Waals surface area contributed by atoms with E-state index in [-0.39, 0.29) is 18.6 Å². The van der Waals surface area contributed by atoms with Crippen molar-refractivity contribution in [1.29, 1.82) is 0 Å². The Kier molecular flexibility index (Phi) is 5.47. The van der Waals surface area contributed by atoms with Gasteiger partial charge in [0.2, 0.25) is 0 Å². The number of aromatic nitrogens is 1. The minimum Gasteiger partial charge on any atom is -0.484 e. The van der Waals surface area contributed by atoms with Gasteiger partial charge < -0.3 is 9.64 Å². The lowest BCUT2D eigenvalue weighted by atomic mass is 10.3. The summed E-state index contributed by atoms with van der Waals surface area (Å²) in [6, 6.07) is 12.6. The van der Waals surface area contributed by atoms with Crippen LogP contribution < -0.4 is 4.74 Å². The van der Waals surface area contributed by atoms with Crippen molar-refractivity contribution in [2.24, 2.45) is 0 Å². The van der Waals surface area contributed by atoms with Crippen LogP contribution in [-0.2, 0) is 4.79 Å². The van der Waals surface area contributed by atoms with Gasteiger partial charge in [-0.3, -0.25) is 4.79 Å². The zero-order valence-corrected chi connectivity index (χ0v) is 16.0. The van der Waals surface area contributed by atoms with Gasteiger partial charge in [-0.15, -0.1) is 11.3 Å². The zero-order chi connectivity index (χ0) is 18.0. The van der Waals surface area contributed by atoms with Crippen LogP contribution in [0.25, 0.3) is 10.2 Å². The molecule has 2 aromatic carbocycles. The first-order valence-electron chi connectivity index (χ1n) is 7.64. The third-order valence-electron chi connectivity index (χ3n) is 3.84. The Hall–Kier alpha value is -1.82. The summed E-state index contributed by atoms with van der Waals surface area (Å²) in [7, 11) is 1.74. The molecule has 0 saturated heterocycles. The van der Waals surface area contributed by atoms with Gasteiger partial charge in [0.25, 0.3) is 5.91 Å². The van der Waals surface area contributed by atoms with Crippen molar-refractivity contribution >= 4 is 50.7 Å². The molecule has 0 bridgehead atoms. The number of carbonyl (C=O) groups excluding carboxylic acids is 1. The number of ether oxygens (including phenoxy) is 1. The number of likely N-dealkylation sites (N-methyl/N-ethyl adjacent to an activating group) is 1. The molecule has 0 fully saturated rings. The topological polar surface area (TPSA) is 42.4 Å². The fourth-order valence-electron chi connectivity index (χ4n) is 2.31. The number of halogens is 2. The maximum Gasteiger partial charge on any atom is 0.260 e. The molecule has 0 N–H and O–H groups in total. The van der Waals surface area contributed by atoms with E-state index in [9.17, 15) is 4.79 Å². The summed E-state index contributed by atoms with van der Waals surface area (Å²) >= 11 is 13.4. The quantitative estimate of drug-likeness (QED) is 0.596. The number of fused-ring (bicyclic) bond motifs is 1. The molecule has 0 saturated carbocycles. The maximum absolute atomic E-state index is 12.4. The highest BCUT2D eigenvalue weighted by atomic mass is 35.5. The maximum atomic E-state index is 12.4. The van der Waals surface area contributed by atoms with Gasteiger partial charge in [0.05, 0.1) is 16.3 Å². The number of thiazole rings is 1. The zero-order valence-electron chi connectivity index (χ0n) is 13.7. The smallest absolute Gasteiger partial charge is 0.260 e. The first-order valence-corrected chi connectivity index (χ1v) is 9.21. The second-order valence-electron chi connectivity index (χ2n) is 5.59. The highest BCUT2D eigenvalue weighted by molar-refractivity contribution is 7.18. The van der Waals surface area contributed by atoms with Crippen molar-refractivity contribution in [2.75, 3.05) is 13.7 Å². The molecule has 25 heavy (non-hydrogen) atoms. The van der Waals surface area contributed by atoms with Crippen LogP contribution in [-0.4, -0.2) is 29.4 Å². The molecule has 0 radical (unpaired) electrons. The second kappa shape index (κ2) is 7.60. The molecule has 0 aliphatic heterocycles. The predicted molar refractivity (Wildman–Crippen MR) is 103 cm³/mol. The number of rotatable bonds is 5. The molecule has 0 aliphatic rings. The third kappa shape index (κ3) is 4.24. The van der Waals surface area contributed by atoms with E-state index in [4.69, 9.17) is 27.9 Å². The molecule has 3 rings (SSSR count). The fourth-order valence-corrected chi connectivity index (χ4v) is 3.88. The lowest BCUT2D eigenvalue weighted by Gasteiger charge is -2.23. The molecule has 7 heteroatoms. The summed E-state index contributed by atoms with van der Waals surface area (Å²) in [6.07, 6.45) is 0. The highest BCUT2D eigenvalue weighted by Crippen LogP contribution is 2.29. The first kappa shape index (κ1) is 18.0. The van der Waals surface area contributed by atoms with Crippen molar-refractivity contribution in [3.05, 3.63) is 57.5 Å². The Morgan fingerprint density at radius 1 is 1.24 bits per heavy atom. The molecule has 1 atom stereocenters. The summed E-state index contributed by atoms with van der Waals surface area (Å²) in [4.78, 5) is 18.7. The molecule has 1 heterocycles. The monoisotopic (exact) mass is 394 g/mol. The van der Waals surface area contributed by atoms with Crippen molar-refractivity contribution in [2.45, 2.75) is 13.0 Å². The highest BCUT2D eigenvalue weighted by Gasteiger charge is 2.21. The summed E-state index contributed by atoms with van der Waals surface area (Å²) in [5, 5.41) is 1.82. The van der Waals surface area contributed by atoms with Crippen LogP contribution in [0.4, 0.5) is 0 Å². The van der Waals surface area contributed by atoms with Gasteiger partial charge in [0.15, 0.2) is 6.61 Å². The molecule has 0 spiro atoms. The molecule has 0 aliphatic carbocycles. The van der Waals surface area contributed by atoms with E-state index < -0.39 is 0 Å². The lowest BCUT2D eigenvalue weighted by molar-refractivity contribution is -0.134. The van der Waals surface area contributed by atoms with Gasteiger partial charge >= 0.3 is 0 Å². The molecule has 4 nitrogen and oxygen atoms in total. The van der Waals surface area contributed by atoms with Gasteiger partial charge in [-0.25, -0.2) is 4.98 Å². The van der Waals surface area contributed by atoms with E-state index in [1.165, 1.54) is 0 Å². The summed E-state index contributed by atoms with van der Waals surface area (Å²) in [5.74, 6) is 0.315. The molecule has 1 amide bonds. The van der Waals surface area contributed by atoms with Crippen molar-refractivity contribution in [1.82, 2.24) is 9.88 Å². The van der Waals surface area contributed by atoms with E-state index in [1.807, 2.05) is 31.2 Å². The molecule has 1 aromatic heterocycles. The largest absolute Gasteiger partial charge is 0.484 e. The van der Waals surface area contributed by atoms with Gasteiger partial charge in [0, 0.05) is 17.1 Å². The van der Waals surface area contributed by atoms with Crippen LogP contribution in [0.3, 0.4) is 0 Å². The van der Waals surface area contributed by atoms with Gasteiger partial charge in [-0.05, 0) is 37.3 Å². The molecular weight excluding hydrogens is 379 g/mol. The molecular formula is C18H16Cl2N2O2S. The average molecular weight is 395 g/mol. The van der Waals surface area contributed by atoms with E-state index in [0.717, 1.165) is 15.2 Å². The van der Waals surface area contributed by atoms with Gasteiger partial charge in [-0.2, -0.15) is 0 Å². The van der Waals surface area contributed by atoms with Gasteiger partial charge in [-0.1, -0.05) is 35.3 Å². The van der Waals surface area contributed by atoms with Crippen LogP contribution in [0, 0.1) is 0 Å². The van der Waals surface area contributed by atoms with Crippen LogP contribution in [0.1, 0.15) is 18.0 Å². The van der Waals surface area contributed by atoms with Crippen LogP contribution >= 0.6 is 34.5 Å². The second-order valence-corrected chi connectivity index (χ2v) is 7.53. The van der Waals surface area contributed by atoms with Crippen molar-refractivity contribution < 1.29 is 9.53 Å². The Morgan fingerprint density at radius 2 is 1.92 bits per heavy atom. The molecule has 3 aromatic rings. The van der Waals surface area contributed by atoms with E-state index in [2.05, 4.69) is 4.98 Å². The van der Waals surface area contributed by atoms with Crippen molar-refractivity contribution in [3.63, 3.8) is 0 Å². The van der Waals surface area contributed by atoms with E-state index in [0.29, 0.717) is 15.8 Å². The Morgan fingerprint density at radius 3 is 2.60 bits per heavy atom. The number of hydrogen-bond donors (Lipinski definition) is 0. The minimum absolute atomic E-state index is 0.0948. The summed E-state index contributed by atoms with van der Waals surface area (Å²) < 4.78 is 6.62. The summed E-state index contributed by atoms with van der Waals surface area (Å²) in [6.45, 7) is 1.86. The number of benzene rings is 2. The average Bonchev–Trinajstić information content (AvgIpc) is 3.01. The number of nitrogens with zero attached hydrogens (tertiary/aromatic N) is 2. The summed E-state index contributed by atoms with van der Waals surface area (Å²) in [5.41, 5.74) is 0.944. The Bertz CT molecular complexity index is 860. The molecule has 130 valence electrons. The molecule has 1 unspecified atom stereocenters. The van der Waals surface area contributed by atoms with Crippen LogP contribution in [0.2, 0.25) is 10.0 Å². The SMILES string of the molecule is CC(c1nc2ccccc2s1)N(C)C(=O)COc1cc(Cl)cc(Cl)c1. The van der Waals surface area contributed by atoms with Crippen LogP contribution in [0.5, 0.6) is 5.75 Å². The van der Waals surface area contributed by atoms with E-state index >= 15 is 0 Å². The van der Waals surface area contributed by atoms with Crippen LogP contribution in [0.15, 0.2) is 42.5 Å². The number of carbonyl (C=O) groups is 1. The number of amides is 1. The number of hydrogen-bond acceptors (Lipinski definition) is 4. The number of para-hydroxylation sites is 1. The first-order chi connectivity index (χ1) is 11.9. The van der Waals surface area contributed by atoms with E-state index in [1.54, 1.807) is 41.5 Å². The predicted octanol–water partition coefficient (Wildman–Crippen LogP) is 5.20. The fraction of sp³-hybridized carbons (Fsp3) is 0.222. The Balaban J connectivity index is 1.66.